The van der Waals surface area contributed by atoms with Gasteiger partial charge >= 0.3 is 0 Å². The fourth-order valence-corrected chi connectivity index (χ4v) is 1.72. The van der Waals surface area contributed by atoms with E-state index in [1.165, 1.54) is 0 Å². The Labute approximate surface area is 93.2 Å². The Kier molecular flexibility index (Phi) is 2.99. The highest BCUT2D eigenvalue weighted by atomic mass is 35.5. The minimum atomic E-state index is -0.139. The summed E-state index contributed by atoms with van der Waals surface area (Å²) in [5.74, 6) is 0. The van der Waals surface area contributed by atoms with Crippen molar-refractivity contribution in [3.05, 3.63) is 53.3 Å². The zero-order valence-corrected chi connectivity index (χ0v) is 8.78. The molecule has 0 aliphatic carbocycles. The Bertz CT molecular complexity index is 456. The van der Waals surface area contributed by atoms with Gasteiger partial charge < -0.3 is 5.11 Å². The fourth-order valence-electron chi connectivity index (χ4n) is 1.44. The van der Waals surface area contributed by atoms with Gasteiger partial charge in [-0.3, -0.25) is 4.98 Å². The van der Waals surface area contributed by atoms with E-state index in [1.807, 2.05) is 36.4 Å². The first-order valence-electron chi connectivity index (χ1n) is 4.62. The average Bonchev–Trinajstić information content (AvgIpc) is 2.30. The number of aromatic nitrogens is 1. The molecule has 0 atom stereocenters. The molecule has 0 aliphatic rings. The van der Waals surface area contributed by atoms with Gasteiger partial charge in [0, 0.05) is 11.8 Å². The summed E-state index contributed by atoms with van der Waals surface area (Å²) < 4.78 is 0. The Morgan fingerprint density at radius 3 is 2.53 bits per heavy atom. The summed E-state index contributed by atoms with van der Waals surface area (Å²) in [4.78, 5) is 4.00. The van der Waals surface area contributed by atoms with E-state index in [2.05, 4.69) is 4.98 Å². The van der Waals surface area contributed by atoms with Crippen LogP contribution in [0.2, 0.25) is 5.02 Å². The molecule has 0 saturated heterocycles. The molecule has 0 spiro atoms. The topological polar surface area (TPSA) is 33.1 Å². The van der Waals surface area contributed by atoms with Crippen LogP contribution in [0, 0.1) is 0 Å². The van der Waals surface area contributed by atoms with Gasteiger partial charge in [-0.05, 0) is 11.6 Å². The van der Waals surface area contributed by atoms with Gasteiger partial charge in [0.05, 0.1) is 17.3 Å². The molecule has 0 amide bonds. The molecule has 0 radical (unpaired) electrons. The minimum absolute atomic E-state index is 0.139. The normalized spacial score (nSPS) is 10.3. The van der Waals surface area contributed by atoms with Gasteiger partial charge in [0.25, 0.3) is 0 Å². The van der Waals surface area contributed by atoms with Crippen LogP contribution in [-0.4, -0.2) is 10.1 Å². The van der Waals surface area contributed by atoms with Crippen molar-refractivity contribution in [2.24, 2.45) is 0 Å². The molecular weight excluding hydrogens is 210 g/mol. The first-order valence-corrected chi connectivity index (χ1v) is 5.00. The molecule has 0 saturated carbocycles. The molecule has 0 unspecified atom stereocenters. The molecule has 0 aliphatic heterocycles. The van der Waals surface area contributed by atoms with Crippen molar-refractivity contribution in [3.63, 3.8) is 0 Å². The minimum Gasteiger partial charge on any atom is -0.390 e. The predicted molar refractivity (Wildman–Crippen MR) is 60.6 cm³/mol. The fraction of sp³-hybridized carbons (Fsp3) is 0.0833. The standard InChI is InChI=1S/C12H10ClNO/c13-12-10(6-7-14-11(12)8-15)9-4-2-1-3-5-9/h1-7,15H,8H2. The van der Waals surface area contributed by atoms with Gasteiger partial charge in [-0.2, -0.15) is 0 Å². The van der Waals surface area contributed by atoms with Gasteiger partial charge in [-0.15, -0.1) is 0 Å². The second-order valence-electron chi connectivity index (χ2n) is 3.14. The predicted octanol–water partition coefficient (Wildman–Crippen LogP) is 2.89. The molecule has 3 heteroatoms. The van der Waals surface area contributed by atoms with Crippen molar-refractivity contribution >= 4 is 11.6 Å². The van der Waals surface area contributed by atoms with Crippen molar-refractivity contribution in [2.45, 2.75) is 6.61 Å². The maximum absolute atomic E-state index is 9.04. The van der Waals surface area contributed by atoms with Crippen molar-refractivity contribution in [1.29, 1.82) is 0 Å². The van der Waals surface area contributed by atoms with Crippen LogP contribution >= 0.6 is 11.6 Å². The third kappa shape index (κ3) is 2.01. The molecule has 76 valence electrons. The number of hydrogen-bond donors (Lipinski definition) is 1. The zero-order chi connectivity index (χ0) is 10.7. The molecule has 1 aromatic heterocycles. The van der Waals surface area contributed by atoms with Crippen LogP contribution < -0.4 is 0 Å². The van der Waals surface area contributed by atoms with E-state index >= 15 is 0 Å². The summed E-state index contributed by atoms with van der Waals surface area (Å²) >= 11 is 6.12. The maximum atomic E-state index is 9.04. The van der Waals surface area contributed by atoms with Gasteiger partial charge in [0.1, 0.15) is 0 Å². The molecule has 0 bridgehead atoms. The lowest BCUT2D eigenvalue weighted by atomic mass is 10.1. The number of aliphatic hydroxyl groups excluding tert-OH is 1. The molecule has 2 rings (SSSR count). The number of benzene rings is 1. The summed E-state index contributed by atoms with van der Waals surface area (Å²) in [7, 11) is 0. The van der Waals surface area contributed by atoms with Gasteiger partial charge in [-0.25, -0.2) is 0 Å². The number of pyridine rings is 1. The third-order valence-electron chi connectivity index (χ3n) is 2.20. The Morgan fingerprint density at radius 1 is 1.13 bits per heavy atom. The largest absolute Gasteiger partial charge is 0.390 e. The van der Waals surface area contributed by atoms with Gasteiger partial charge in [-0.1, -0.05) is 41.9 Å². The lowest BCUT2D eigenvalue weighted by Crippen LogP contribution is -1.92. The van der Waals surface area contributed by atoms with E-state index in [0.717, 1.165) is 11.1 Å². The number of nitrogens with zero attached hydrogens (tertiary/aromatic N) is 1. The SMILES string of the molecule is OCc1nccc(-c2ccccc2)c1Cl. The summed E-state index contributed by atoms with van der Waals surface area (Å²) in [5, 5.41) is 9.56. The highest BCUT2D eigenvalue weighted by Crippen LogP contribution is 2.29. The second kappa shape index (κ2) is 4.43. The van der Waals surface area contributed by atoms with Crippen LogP contribution in [0.25, 0.3) is 11.1 Å². The smallest absolute Gasteiger partial charge is 0.0868 e. The highest BCUT2D eigenvalue weighted by Gasteiger charge is 2.07. The number of aliphatic hydroxyl groups is 1. The number of hydrogen-bond acceptors (Lipinski definition) is 2. The molecule has 2 nitrogen and oxygen atoms in total. The average molecular weight is 220 g/mol. The quantitative estimate of drug-likeness (QED) is 0.843. The van der Waals surface area contributed by atoms with Crippen LogP contribution in [0.4, 0.5) is 0 Å². The van der Waals surface area contributed by atoms with Crippen molar-refractivity contribution in [1.82, 2.24) is 4.98 Å². The Balaban J connectivity index is 2.54. The van der Waals surface area contributed by atoms with E-state index < -0.39 is 0 Å². The summed E-state index contributed by atoms with van der Waals surface area (Å²) in [6.07, 6.45) is 1.65. The zero-order valence-electron chi connectivity index (χ0n) is 8.02. The van der Waals surface area contributed by atoms with Crippen LogP contribution in [0.1, 0.15) is 5.69 Å². The summed E-state index contributed by atoms with van der Waals surface area (Å²) in [6.45, 7) is -0.139. The number of rotatable bonds is 2. The molecular formula is C12H10ClNO. The highest BCUT2D eigenvalue weighted by molar-refractivity contribution is 6.33. The molecule has 15 heavy (non-hydrogen) atoms. The maximum Gasteiger partial charge on any atom is 0.0868 e. The second-order valence-corrected chi connectivity index (χ2v) is 3.52. The molecule has 0 fully saturated rings. The van der Waals surface area contributed by atoms with Gasteiger partial charge in [0.2, 0.25) is 0 Å². The van der Waals surface area contributed by atoms with Crippen LogP contribution in [0.5, 0.6) is 0 Å². The number of halogens is 1. The van der Waals surface area contributed by atoms with E-state index in [1.54, 1.807) is 6.20 Å². The summed E-state index contributed by atoms with van der Waals surface area (Å²) in [5.41, 5.74) is 2.44. The van der Waals surface area contributed by atoms with Crippen LogP contribution in [0.15, 0.2) is 42.6 Å². The monoisotopic (exact) mass is 219 g/mol. The summed E-state index contributed by atoms with van der Waals surface area (Å²) in [6, 6.07) is 11.6. The third-order valence-corrected chi connectivity index (χ3v) is 2.62. The van der Waals surface area contributed by atoms with Crippen molar-refractivity contribution in [3.8, 4) is 11.1 Å². The molecule has 1 N–H and O–H groups in total. The van der Waals surface area contributed by atoms with E-state index in [-0.39, 0.29) is 6.61 Å². The molecule has 2 aromatic rings. The first-order chi connectivity index (χ1) is 7.33. The molecule has 1 heterocycles. The Morgan fingerprint density at radius 2 is 1.87 bits per heavy atom. The van der Waals surface area contributed by atoms with Crippen molar-refractivity contribution < 1.29 is 5.11 Å². The van der Waals surface area contributed by atoms with Crippen molar-refractivity contribution in [2.75, 3.05) is 0 Å². The lowest BCUT2D eigenvalue weighted by molar-refractivity contribution is 0.277. The molecule has 1 aromatic carbocycles. The van der Waals surface area contributed by atoms with Gasteiger partial charge in [0.15, 0.2) is 0 Å². The van der Waals surface area contributed by atoms with Crippen LogP contribution in [0.3, 0.4) is 0 Å². The van der Waals surface area contributed by atoms with E-state index in [4.69, 9.17) is 16.7 Å². The Hall–Kier alpha value is -1.38. The lowest BCUT2D eigenvalue weighted by Gasteiger charge is -2.06. The first kappa shape index (κ1) is 10.1. The van der Waals surface area contributed by atoms with Crippen LogP contribution in [-0.2, 0) is 6.61 Å². The van der Waals surface area contributed by atoms with E-state index in [0.29, 0.717) is 10.7 Å². The van der Waals surface area contributed by atoms with E-state index in [9.17, 15) is 0 Å².